The number of amides is 11. The third-order valence-electron chi connectivity index (χ3n) is 23.9. The van der Waals surface area contributed by atoms with Crippen LogP contribution < -0.4 is 26.0 Å². The quantitative estimate of drug-likeness (QED) is 0.0215. The molecule has 9 heterocycles. The highest BCUT2D eigenvalue weighted by molar-refractivity contribution is 6.00. The second-order valence-electron chi connectivity index (χ2n) is 35.4. The lowest BCUT2D eigenvalue weighted by Crippen LogP contribution is -2.64. The molecule has 5 aromatic carbocycles. The molecule has 9 unspecified atom stereocenters. The number of piperazine rings is 5. The van der Waals surface area contributed by atoms with Crippen LogP contribution in [0.15, 0.2) is 207 Å². The number of methoxy groups -OCH3 is 2. The number of unbranched alkanes of at least 4 members (excludes halogenated alkanes) is 1. The number of likely N-dealkylation sites (N-methyl/N-ethyl adjacent to an activating group) is 1. The molecular formula is C100H130N16O14. The summed E-state index contributed by atoms with van der Waals surface area (Å²) < 4.78 is 13.9. The highest BCUT2D eigenvalue weighted by Crippen LogP contribution is 2.30. The molecule has 14 rings (SSSR count). The van der Waals surface area contributed by atoms with Crippen LogP contribution in [0.5, 0.6) is 5.75 Å². The van der Waals surface area contributed by atoms with Gasteiger partial charge in [0.25, 0.3) is 0 Å². The van der Waals surface area contributed by atoms with Crippen LogP contribution in [0.2, 0.25) is 0 Å². The number of aryl methyl sites for hydroxylation is 4. The monoisotopic (exact) mass is 1780 g/mol. The molecule has 6 aliphatic heterocycles. The zero-order valence-electron chi connectivity index (χ0n) is 76.9. The van der Waals surface area contributed by atoms with Gasteiger partial charge in [0.15, 0.2) is 6.04 Å². The number of carbonyl (C=O) groups excluding carboxylic acids is 12. The smallest absolute Gasteiger partial charge is 0.305 e. The molecular weight excluding hydrogens is 1650 g/mol. The Morgan fingerprint density at radius 1 is 0.492 bits per heavy atom. The van der Waals surface area contributed by atoms with E-state index < -0.39 is 48.3 Å². The molecule has 6 saturated heterocycles. The zero-order chi connectivity index (χ0) is 93.2. The standard InChI is InChI=1S/C25H28N4O2.C24H33N3O5.C20H26N4O2.C17H24N2O3.C14H19N3O2/c30-24-23(13-12-20-8-3-1-4-9-20)29(16-7-15-28-17-14-26-19-28)25(31)22(27-24)18-21-10-5-2-6-11-21;1-32-22(29)13-6-5-11-20-23(30)25-19(17-18-9-3-2-4-10-18)24(31)27(20)16-8-15-26-14-7-12-21(26)28;1-16-19(25)24(13-6-12-23-14-11-21-15-23)18(20(26)22(16)2)10-9-17-7-4-3-5-8-17;1-17(2,3)9-14-16(21)18-10-15(20)19(14)11-12-6-5-7-13(8-12)22-4;1-9(2)8-17-12(11-6-4-5-7-15-11)13(18)16-10(3)14(17)19/h1-6,8-11,14,17,19,22-23H,7,12-13,15-16,18H2,(H,27,30);2-4,9-10,19-20H,5-8,11-17H2,1H3,(H,25,30);3-5,7-8,11,14-16,18H,6,9-10,12-13H2,1-2H3;5-8,14H,9-11H2,1-4H3,(H,18,21);4-7,9-10,12H,8H2,1-3H3,(H,16,18). The van der Waals surface area contributed by atoms with Crippen LogP contribution >= 0.6 is 0 Å². The van der Waals surface area contributed by atoms with E-state index in [4.69, 9.17) is 4.74 Å². The van der Waals surface area contributed by atoms with E-state index >= 15 is 0 Å². The highest BCUT2D eigenvalue weighted by atomic mass is 16.5. The molecule has 8 aromatic rings. The number of aromatic nitrogens is 5. The molecule has 3 aromatic heterocycles. The third-order valence-corrected chi connectivity index (χ3v) is 23.9. The van der Waals surface area contributed by atoms with Gasteiger partial charge >= 0.3 is 5.97 Å². The lowest BCUT2D eigenvalue weighted by atomic mass is 9.86. The molecule has 0 bridgehead atoms. The van der Waals surface area contributed by atoms with Crippen LogP contribution in [0.3, 0.4) is 0 Å². The van der Waals surface area contributed by atoms with Gasteiger partial charge in [-0.2, -0.15) is 0 Å². The van der Waals surface area contributed by atoms with E-state index in [0.717, 1.165) is 74.2 Å². The van der Waals surface area contributed by atoms with Gasteiger partial charge in [0.2, 0.25) is 65.0 Å². The fraction of sp³-hybridized carbons (Fsp3) is 0.470. The molecule has 694 valence electrons. The Morgan fingerprint density at radius 2 is 1.01 bits per heavy atom. The number of rotatable bonds is 34. The van der Waals surface area contributed by atoms with E-state index in [1.807, 2.05) is 168 Å². The van der Waals surface area contributed by atoms with E-state index in [-0.39, 0.29) is 88.9 Å². The summed E-state index contributed by atoms with van der Waals surface area (Å²) >= 11 is 0. The van der Waals surface area contributed by atoms with E-state index in [1.165, 1.54) is 18.2 Å². The molecule has 6 aliphatic rings. The van der Waals surface area contributed by atoms with Gasteiger partial charge in [-0.1, -0.05) is 181 Å². The Hall–Kier alpha value is -12.9. The summed E-state index contributed by atoms with van der Waals surface area (Å²) in [5.41, 5.74) is 5.93. The normalized spacial score (nSPS) is 20.5. The Bertz CT molecular complexity index is 4970. The maximum atomic E-state index is 13.4. The zero-order valence-corrected chi connectivity index (χ0v) is 76.9. The van der Waals surface area contributed by atoms with Crippen molar-refractivity contribution in [3.05, 3.63) is 241 Å². The van der Waals surface area contributed by atoms with Gasteiger partial charge in [0, 0.05) is 123 Å². The van der Waals surface area contributed by atoms with Crippen molar-refractivity contribution in [3.8, 4) is 5.75 Å². The first-order valence-electron chi connectivity index (χ1n) is 45.5. The van der Waals surface area contributed by atoms with E-state index in [1.54, 1.807) is 101 Å². The molecule has 130 heavy (non-hydrogen) atoms. The molecule has 11 amide bonds. The minimum absolute atomic E-state index is 0.00662. The lowest BCUT2D eigenvalue weighted by molar-refractivity contribution is -0.159. The van der Waals surface area contributed by atoms with Crippen molar-refractivity contribution in [2.75, 3.05) is 67.1 Å². The Labute approximate surface area is 764 Å². The highest BCUT2D eigenvalue weighted by Gasteiger charge is 2.45. The molecule has 0 aliphatic carbocycles. The second-order valence-corrected chi connectivity index (χ2v) is 35.4. The molecule has 30 nitrogen and oxygen atoms in total. The lowest BCUT2D eigenvalue weighted by Gasteiger charge is -2.42. The predicted octanol–water partition coefficient (Wildman–Crippen LogP) is 9.56. The molecule has 6 fully saturated rings. The van der Waals surface area contributed by atoms with Gasteiger partial charge < -0.3 is 74.2 Å². The van der Waals surface area contributed by atoms with E-state index in [2.05, 4.69) is 86.0 Å². The van der Waals surface area contributed by atoms with Gasteiger partial charge in [-0.15, -0.1) is 0 Å². The van der Waals surface area contributed by atoms with E-state index in [9.17, 15) is 57.5 Å². The predicted molar refractivity (Wildman–Crippen MR) is 493 cm³/mol. The summed E-state index contributed by atoms with van der Waals surface area (Å²) in [5, 5.41) is 11.3. The Balaban J connectivity index is 0.000000171. The average molecular weight is 1780 g/mol. The number of carbonyl (C=O) groups is 12. The maximum Gasteiger partial charge on any atom is 0.305 e. The van der Waals surface area contributed by atoms with Gasteiger partial charge in [-0.05, 0) is 148 Å². The van der Waals surface area contributed by atoms with Crippen molar-refractivity contribution < 1.29 is 67.0 Å². The van der Waals surface area contributed by atoms with Gasteiger partial charge in [0.1, 0.15) is 54.1 Å². The van der Waals surface area contributed by atoms with Gasteiger partial charge in [-0.25, -0.2) is 9.97 Å². The number of hydrogen-bond donors (Lipinski definition) is 4. The molecule has 0 spiro atoms. The summed E-state index contributed by atoms with van der Waals surface area (Å²) in [7, 11) is 4.69. The number of pyridine rings is 1. The first kappa shape index (κ1) is 99.3. The fourth-order valence-corrected chi connectivity index (χ4v) is 17.0. The Kier molecular flexibility index (Phi) is 37.9. The number of nitrogens with zero attached hydrogens (tertiary/aromatic N) is 12. The van der Waals surface area contributed by atoms with Crippen LogP contribution in [0, 0.1) is 11.3 Å². The SMILES string of the molecule is CC(C)CN1C(=O)C(C)NC(=O)C1c1ccccn1.CC1C(=O)N(CCCn2ccnc2)C(CCc2ccccc2)C(=O)N1C.COC(=O)CCCCC1C(=O)NC(Cc2ccccc2)C(=O)N1CCCN1CCCC1=O.COc1cccc(CN2C(=O)CNC(=O)C2CC(C)(C)C)c1.O=C1NC(Cc2ccccc2)C(=O)N(CCCn2ccnc2)C1CCc1ccccc1. The van der Waals surface area contributed by atoms with Crippen LogP contribution in [-0.4, -0.2) is 245 Å². The minimum atomic E-state index is -0.618. The van der Waals surface area contributed by atoms with Crippen molar-refractivity contribution in [1.82, 2.24) is 79.7 Å². The number of hydrogen-bond acceptors (Lipinski definition) is 17. The number of benzene rings is 5. The Morgan fingerprint density at radius 3 is 1.50 bits per heavy atom. The number of ether oxygens (including phenoxy) is 2. The largest absolute Gasteiger partial charge is 0.497 e. The fourth-order valence-electron chi connectivity index (χ4n) is 17.0. The molecule has 0 saturated carbocycles. The van der Waals surface area contributed by atoms with Crippen LogP contribution in [0.1, 0.15) is 165 Å². The summed E-state index contributed by atoms with van der Waals surface area (Å²) in [6.07, 6.45) is 22.6. The minimum Gasteiger partial charge on any atom is -0.497 e. The first-order valence-corrected chi connectivity index (χ1v) is 45.5. The molecule has 0 radical (unpaired) electrons. The number of nitrogens with one attached hydrogen (secondary N) is 4. The van der Waals surface area contributed by atoms with E-state index in [0.29, 0.717) is 122 Å². The van der Waals surface area contributed by atoms with Crippen LogP contribution in [0.4, 0.5) is 0 Å². The molecule has 9 atom stereocenters. The van der Waals surface area contributed by atoms with Crippen LogP contribution in [0.25, 0.3) is 0 Å². The summed E-state index contributed by atoms with van der Waals surface area (Å²) in [6, 6.07) is 48.3. The molecule has 30 heteroatoms. The average Bonchev–Trinajstić information content (AvgIpc) is 1.05. The summed E-state index contributed by atoms with van der Waals surface area (Å²) in [4.78, 5) is 175. The van der Waals surface area contributed by atoms with Crippen molar-refractivity contribution in [1.29, 1.82) is 0 Å². The third kappa shape index (κ3) is 29.3. The molecule has 4 N–H and O–H groups in total. The topological polar surface area (TPSA) is 343 Å². The number of esters is 1. The number of likely N-dealkylation sites (tertiary alicyclic amines) is 1. The first-order chi connectivity index (χ1) is 62.6. The van der Waals surface area contributed by atoms with Crippen molar-refractivity contribution in [2.45, 2.75) is 225 Å². The summed E-state index contributed by atoms with van der Waals surface area (Å²) in [6.45, 7) is 19.3. The summed E-state index contributed by atoms with van der Waals surface area (Å²) in [5.74, 6) is 0.396. The van der Waals surface area contributed by atoms with Crippen molar-refractivity contribution in [2.24, 2.45) is 11.3 Å². The van der Waals surface area contributed by atoms with Crippen molar-refractivity contribution >= 4 is 70.9 Å². The van der Waals surface area contributed by atoms with Crippen molar-refractivity contribution in [3.63, 3.8) is 0 Å². The van der Waals surface area contributed by atoms with Gasteiger partial charge in [0.05, 0.1) is 39.1 Å². The second kappa shape index (κ2) is 49.6. The van der Waals surface area contributed by atoms with Crippen LogP contribution in [-0.2, 0) is 108 Å². The number of imidazole rings is 2. The van der Waals surface area contributed by atoms with Gasteiger partial charge in [-0.3, -0.25) is 62.5 Å². The maximum absolute atomic E-state index is 13.4.